The van der Waals surface area contributed by atoms with Gasteiger partial charge in [-0.1, -0.05) is 19.1 Å². The smallest absolute Gasteiger partial charge is 0.230 e. The SMILES string of the molecule is CC(CN)C(=O)Nc1nc(-c2ccc(NS(C)(=O)=O)cc2)cs1.Cl. The molecule has 0 bridgehead atoms. The molecule has 1 aromatic heterocycles. The number of hydrogen-bond donors (Lipinski definition) is 3. The van der Waals surface area contributed by atoms with E-state index in [-0.39, 0.29) is 30.8 Å². The maximum absolute atomic E-state index is 11.8. The molecule has 132 valence electrons. The van der Waals surface area contributed by atoms with E-state index in [1.165, 1.54) is 11.3 Å². The lowest BCUT2D eigenvalue weighted by Gasteiger charge is -2.06. The summed E-state index contributed by atoms with van der Waals surface area (Å²) in [5.74, 6) is -0.440. The van der Waals surface area contributed by atoms with Crippen LogP contribution in [0, 0.1) is 5.92 Å². The first-order valence-corrected chi connectivity index (χ1v) is 9.60. The van der Waals surface area contributed by atoms with Crippen LogP contribution in [-0.2, 0) is 14.8 Å². The quantitative estimate of drug-likeness (QED) is 0.699. The third-order valence-electron chi connectivity index (χ3n) is 3.02. The molecule has 0 spiro atoms. The van der Waals surface area contributed by atoms with Crippen molar-refractivity contribution in [2.75, 3.05) is 22.8 Å². The Morgan fingerprint density at radius 1 is 1.33 bits per heavy atom. The molecular weight excluding hydrogens is 372 g/mol. The molecule has 4 N–H and O–H groups in total. The summed E-state index contributed by atoms with van der Waals surface area (Å²) >= 11 is 1.32. The molecular formula is C14H19ClN4O3S2. The lowest BCUT2D eigenvalue weighted by atomic mass is 10.1. The van der Waals surface area contributed by atoms with Gasteiger partial charge in [0.15, 0.2) is 5.13 Å². The average Bonchev–Trinajstić information content (AvgIpc) is 2.94. The van der Waals surface area contributed by atoms with Crippen molar-refractivity contribution in [3.8, 4) is 11.3 Å². The number of nitrogens with two attached hydrogens (primary N) is 1. The molecule has 0 aliphatic rings. The topological polar surface area (TPSA) is 114 Å². The molecule has 1 aromatic carbocycles. The van der Waals surface area contributed by atoms with Crippen LogP contribution in [0.5, 0.6) is 0 Å². The standard InChI is InChI=1S/C14H18N4O3S2.ClH/c1-9(7-15)13(19)17-14-16-12(8-22-14)10-3-5-11(6-4-10)18-23(2,20)21;/h3-6,8-9,18H,7,15H2,1-2H3,(H,16,17,19);1H. The van der Waals surface area contributed by atoms with Crippen LogP contribution in [0.15, 0.2) is 29.6 Å². The molecule has 24 heavy (non-hydrogen) atoms. The summed E-state index contributed by atoms with van der Waals surface area (Å²) in [6.45, 7) is 2.02. The van der Waals surface area contributed by atoms with E-state index in [2.05, 4.69) is 15.0 Å². The first kappa shape index (κ1) is 20.4. The predicted molar refractivity (Wildman–Crippen MR) is 100 cm³/mol. The Kier molecular flexibility index (Phi) is 7.15. The van der Waals surface area contributed by atoms with Crippen LogP contribution in [0.4, 0.5) is 10.8 Å². The van der Waals surface area contributed by atoms with E-state index < -0.39 is 10.0 Å². The van der Waals surface area contributed by atoms with Gasteiger partial charge < -0.3 is 11.1 Å². The van der Waals surface area contributed by atoms with Gasteiger partial charge in [0.25, 0.3) is 0 Å². The monoisotopic (exact) mass is 390 g/mol. The van der Waals surface area contributed by atoms with E-state index in [1.54, 1.807) is 31.2 Å². The number of thiazole rings is 1. The molecule has 1 unspecified atom stereocenters. The summed E-state index contributed by atoms with van der Waals surface area (Å²) in [5.41, 5.74) is 7.47. The number of aromatic nitrogens is 1. The number of nitrogens with one attached hydrogen (secondary N) is 2. The normalized spacial score (nSPS) is 12.1. The molecule has 10 heteroatoms. The highest BCUT2D eigenvalue weighted by Crippen LogP contribution is 2.26. The third kappa shape index (κ3) is 5.75. The van der Waals surface area contributed by atoms with Gasteiger partial charge in [-0.2, -0.15) is 0 Å². The maximum atomic E-state index is 11.8. The van der Waals surface area contributed by atoms with Crippen molar-refractivity contribution in [3.63, 3.8) is 0 Å². The van der Waals surface area contributed by atoms with Crippen LogP contribution in [0.2, 0.25) is 0 Å². The van der Waals surface area contributed by atoms with Crippen molar-refractivity contribution in [3.05, 3.63) is 29.6 Å². The van der Waals surface area contributed by atoms with E-state index in [1.807, 2.05) is 5.38 Å². The van der Waals surface area contributed by atoms with Gasteiger partial charge >= 0.3 is 0 Å². The van der Waals surface area contributed by atoms with Gasteiger partial charge in [-0.3, -0.25) is 9.52 Å². The summed E-state index contributed by atoms with van der Waals surface area (Å²) in [5, 5.41) is 5.05. The van der Waals surface area contributed by atoms with E-state index >= 15 is 0 Å². The van der Waals surface area contributed by atoms with Crippen molar-refractivity contribution >= 4 is 50.5 Å². The zero-order chi connectivity index (χ0) is 17.0. The van der Waals surface area contributed by atoms with Crippen molar-refractivity contribution in [1.29, 1.82) is 0 Å². The molecule has 2 rings (SSSR count). The zero-order valence-corrected chi connectivity index (χ0v) is 15.6. The highest BCUT2D eigenvalue weighted by molar-refractivity contribution is 7.92. The highest BCUT2D eigenvalue weighted by atomic mass is 35.5. The molecule has 1 atom stereocenters. The van der Waals surface area contributed by atoms with Gasteiger partial charge in [-0.15, -0.1) is 23.7 Å². The van der Waals surface area contributed by atoms with Crippen molar-refractivity contribution < 1.29 is 13.2 Å². The predicted octanol–water partition coefficient (Wildman–Crippen LogP) is 2.14. The Hall–Kier alpha value is -1.68. The van der Waals surface area contributed by atoms with Crippen LogP contribution in [0.1, 0.15) is 6.92 Å². The summed E-state index contributed by atoms with van der Waals surface area (Å²) in [7, 11) is -3.30. The molecule has 0 saturated carbocycles. The van der Waals surface area contributed by atoms with Crippen molar-refractivity contribution in [2.24, 2.45) is 11.7 Å². The molecule has 0 saturated heterocycles. The number of hydrogen-bond acceptors (Lipinski definition) is 6. The lowest BCUT2D eigenvalue weighted by molar-refractivity contribution is -0.119. The van der Waals surface area contributed by atoms with Gasteiger partial charge in [0, 0.05) is 29.1 Å². The van der Waals surface area contributed by atoms with E-state index in [0.29, 0.717) is 16.5 Å². The van der Waals surface area contributed by atoms with E-state index in [4.69, 9.17) is 5.73 Å². The Balaban J connectivity index is 0.00000288. The minimum atomic E-state index is -3.30. The van der Waals surface area contributed by atoms with E-state index in [9.17, 15) is 13.2 Å². The van der Waals surface area contributed by atoms with Gasteiger partial charge in [0.05, 0.1) is 11.9 Å². The number of nitrogens with zero attached hydrogens (tertiary/aromatic N) is 1. The Morgan fingerprint density at radius 3 is 2.50 bits per heavy atom. The first-order valence-electron chi connectivity index (χ1n) is 6.83. The summed E-state index contributed by atoms with van der Waals surface area (Å²) in [4.78, 5) is 16.1. The molecule has 0 fully saturated rings. The van der Waals surface area contributed by atoms with Crippen LogP contribution < -0.4 is 15.8 Å². The molecule has 0 radical (unpaired) electrons. The van der Waals surface area contributed by atoms with E-state index in [0.717, 1.165) is 11.8 Å². The minimum absolute atomic E-state index is 0. The fraction of sp³-hybridized carbons (Fsp3) is 0.286. The molecule has 1 heterocycles. The summed E-state index contributed by atoms with van der Waals surface area (Å²) < 4.78 is 24.7. The van der Waals surface area contributed by atoms with Crippen LogP contribution in [0.3, 0.4) is 0 Å². The third-order valence-corrected chi connectivity index (χ3v) is 4.38. The largest absolute Gasteiger partial charge is 0.330 e. The van der Waals surface area contributed by atoms with Gasteiger partial charge in [-0.05, 0) is 12.1 Å². The molecule has 0 aliphatic heterocycles. The number of sulfonamides is 1. The number of benzene rings is 1. The Labute approximate surface area is 151 Å². The van der Waals surface area contributed by atoms with Crippen molar-refractivity contribution in [1.82, 2.24) is 4.98 Å². The lowest BCUT2D eigenvalue weighted by Crippen LogP contribution is -2.26. The second-order valence-electron chi connectivity index (χ2n) is 5.12. The maximum Gasteiger partial charge on any atom is 0.230 e. The van der Waals surface area contributed by atoms with Crippen LogP contribution >= 0.6 is 23.7 Å². The fourth-order valence-corrected chi connectivity index (χ4v) is 3.01. The van der Waals surface area contributed by atoms with Gasteiger partial charge in [0.1, 0.15) is 0 Å². The zero-order valence-electron chi connectivity index (χ0n) is 13.1. The molecule has 2 aromatic rings. The Morgan fingerprint density at radius 2 is 1.96 bits per heavy atom. The van der Waals surface area contributed by atoms with Crippen LogP contribution in [0.25, 0.3) is 11.3 Å². The minimum Gasteiger partial charge on any atom is -0.330 e. The molecule has 1 amide bonds. The summed E-state index contributed by atoms with van der Waals surface area (Å²) in [6.07, 6.45) is 1.10. The summed E-state index contributed by atoms with van der Waals surface area (Å²) in [6, 6.07) is 6.84. The number of carbonyl (C=O) groups is 1. The van der Waals surface area contributed by atoms with Crippen molar-refractivity contribution in [2.45, 2.75) is 6.92 Å². The fourth-order valence-electron chi connectivity index (χ4n) is 1.72. The number of rotatable bonds is 6. The number of amides is 1. The highest BCUT2D eigenvalue weighted by Gasteiger charge is 2.13. The number of carbonyl (C=O) groups excluding carboxylic acids is 1. The van der Waals surface area contributed by atoms with Crippen LogP contribution in [-0.4, -0.2) is 32.1 Å². The molecule has 0 aliphatic carbocycles. The van der Waals surface area contributed by atoms with Gasteiger partial charge in [-0.25, -0.2) is 13.4 Å². The number of halogens is 1. The molecule has 7 nitrogen and oxygen atoms in total. The Bertz CT molecular complexity index is 791. The number of anilines is 2. The first-order chi connectivity index (χ1) is 10.8. The average molecular weight is 391 g/mol. The second kappa shape index (κ2) is 8.43. The second-order valence-corrected chi connectivity index (χ2v) is 7.72. The van der Waals surface area contributed by atoms with Gasteiger partial charge in [0.2, 0.25) is 15.9 Å².